The van der Waals surface area contributed by atoms with Gasteiger partial charge < -0.3 is 14.4 Å². The number of benzene rings is 2. The van der Waals surface area contributed by atoms with E-state index in [0.717, 1.165) is 68.8 Å². The van der Waals surface area contributed by atoms with Gasteiger partial charge in [-0.15, -0.1) is 0 Å². The van der Waals surface area contributed by atoms with Crippen LogP contribution in [0.2, 0.25) is 0 Å². The fraction of sp³-hybridized carbons (Fsp3) is 0.480. The summed E-state index contributed by atoms with van der Waals surface area (Å²) >= 11 is 0. The van der Waals surface area contributed by atoms with Crippen molar-refractivity contribution in [1.82, 2.24) is 4.90 Å². The molecule has 168 valence electrons. The molecule has 0 bridgehead atoms. The largest absolute Gasteiger partial charge is 0.369 e. The minimum absolute atomic E-state index is 0.0000369. The highest BCUT2D eigenvalue weighted by atomic mass is 19.1. The Bertz CT molecular complexity index is 992. The summed E-state index contributed by atoms with van der Waals surface area (Å²) in [6.07, 6.45) is 4.15. The Balaban J connectivity index is 1.19. The van der Waals surface area contributed by atoms with Crippen LogP contribution < -0.4 is 9.80 Å². The van der Waals surface area contributed by atoms with Crippen LogP contribution in [0, 0.1) is 5.82 Å². The van der Waals surface area contributed by atoms with Crippen molar-refractivity contribution in [2.75, 3.05) is 42.6 Å². The van der Waals surface area contributed by atoms with Crippen LogP contribution in [0.4, 0.5) is 15.8 Å². The van der Waals surface area contributed by atoms with E-state index in [1.807, 2.05) is 41.3 Å². The van der Waals surface area contributed by atoms with Gasteiger partial charge >= 0.3 is 0 Å². The predicted molar refractivity (Wildman–Crippen MR) is 119 cm³/mol. The lowest BCUT2D eigenvalue weighted by atomic mass is 9.95. The Hall–Kier alpha value is -2.48. The molecule has 2 atom stereocenters. The Morgan fingerprint density at radius 1 is 0.906 bits per heavy atom. The number of amides is 1. The molecule has 2 aromatic rings. The summed E-state index contributed by atoms with van der Waals surface area (Å²) in [5.74, 6) is -1.61. The monoisotopic (exact) mass is 437 g/mol. The van der Waals surface area contributed by atoms with Crippen molar-refractivity contribution < 1.29 is 18.7 Å². The van der Waals surface area contributed by atoms with Crippen LogP contribution in [-0.4, -0.2) is 55.9 Å². The Morgan fingerprint density at radius 2 is 1.56 bits per heavy atom. The summed E-state index contributed by atoms with van der Waals surface area (Å²) in [6.45, 7) is 3.82. The van der Waals surface area contributed by atoms with Crippen molar-refractivity contribution in [1.29, 1.82) is 0 Å². The van der Waals surface area contributed by atoms with Gasteiger partial charge in [-0.25, -0.2) is 4.39 Å². The molecule has 7 heteroatoms. The van der Waals surface area contributed by atoms with Crippen LogP contribution in [0.1, 0.15) is 31.2 Å². The molecule has 2 aromatic carbocycles. The maximum Gasteiger partial charge on any atom is 0.293 e. The van der Waals surface area contributed by atoms with E-state index in [1.54, 1.807) is 0 Å². The zero-order chi connectivity index (χ0) is 21.7. The maximum absolute atomic E-state index is 13.7. The summed E-state index contributed by atoms with van der Waals surface area (Å²) in [6, 6.07) is 14.5. The number of nitrogens with zero attached hydrogens (tertiary/aromatic N) is 3. The van der Waals surface area contributed by atoms with Crippen molar-refractivity contribution in [3.63, 3.8) is 0 Å². The third kappa shape index (κ3) is 3.22. The lowest BCUT2D eigenvalue weighted by Crippen LogP contribution is -2.52. The Morgan fingerprint density at radius 3 is 2.25 bits per heavy atom. The average Bonchev–Trinajstić information content (AvgIpc) is 3.33. The summed E-state index contributed by atoms with van der Waals surface area (Å²) in [7, 11) is 0. The first kappa shape index (κ1) is 20.1. The molecule has 3 aliphatic heterocycles. The number of hydrogen-bond acceptors (Lipinski definition) is 5. The van der Waals surface area contributed by atoms with Gasteiger partial charge in [0.05, 0.1) is 24.6 Å². The molecule has 3 heterocycles. The average molecular weight is 438 g/mol. The number of ether oxygens (including phenoxy) is 2. The highest BCUT2D eigenvalue weighted by Crippen LogP contribution is 2.51. The SMILES string of the molecule is O=C1N(CN2CCN(c3ccc(F)cc3)CC2)c2ccccc2C12O[C@H]1CCCC[C@@H]1O2. The quantitative estimate of drug-likeness (QED) is 0.736. The van der Waals surface area contributed by atoms with Crippen LogP contribution in [0.5, 0.6) is 0 Å². The van der Waals surface area contributed by atoms with Crippen molar-refractivity contribution >= 4 is 17.3 Å². The van der Waals surface area contributed by atoms with Gasteiger partial charge in [0.25, 0.3) is 11.7 Å². The van der Waals surface area contributed by atoms with Crippen LogP contribution in [0.3, 0.4) is 0 Å². The molecular formula is C25H28FN3O3. The minimum atomic E-state index is -1.29. The van der Waals surface area contributed by atoms with Gasteiger partial charge in [0.1, 0.15) is 5.82 Å². The molecule has 1 spiro atoms. The van der Waals surface area contributed by atoms with Crippen molar-refractivity contribution in [2.24, 2.45) is 0 Å². The molecule has 1 saturated carbocycles. The molecule has 0 unspecified atom stereocenters. The second-order valence-corrected chi connectivity index (χ2v) is 9.19. The number of hydrogen-bond donors (Lipinski definition) is 0. The van der Waals surface area contributed by atoms with Crippen LogP contribution in [0.25, 0.3) is 0 Å². The molecule has 0 aromatic heterocycles. The number of carbonyl (C=O) groups excluding carboxylic acids is 1. The first-order valence-electron chi connectivity index (χ1n) is 11.6. The van der Waals surface area contributed by atoms with E-state index in [4.69, 9.17) is 9.47 Å². The molecule has 3 fully saturated rings. The van der Waals surface area contributed by atoms with E-state index >= 15 is 0 Å². The maximum atomic E-state index is 13.7. The highest BCUT2D eigenvalue weighted by molar-refractivity contribution is 6.06. The first-order valence-corrected chi connectivity index (χ1v) is 11.6. The van der Waals surface area contributed by atoms with Gasteiger partial charge in [-0.2, -0.15) is 0 Å². The number of para-hydroxylation sites is 1. The van der Waals surface area contributed by atoms with Gasteiger partial charge in [-0.05, 0) is 43.2 Å². The summed E-state index contributed by atoms with van der Waals surface area (Å²) in [5.41, 5.74) is 2.75. The van der Waals surface area contributed by atoms with E-state index in [2.05, 4.69) is 9.80 Å². The van der Waals surface area contributed by atoms with Gasteiger partial charge in [-0.1, -0.05) is 31.0 Å². The number of rotatable bonds is 3. The normalized spacial score (nSPS) is 27.1. The van der Waals surface area contributed by atoms with Crippen LogP contribution >= 0.6 is 0 Å². The van der Waals surface area contributed by atoms with E-state index in [-0.39, 0.29) is 23.9 Å². The first-order chi connectivity index (χ1) is 15.6. The second kappa shape index (κ2) is 7.83. The molecule has 1 aliphatic carbocycles. The van der Waals surface area contributed by atoms with E-state index in [9.17, 15) is 9.18 Å². The second-order valence-electron chi connectivity index (χ2n) is 9.19. The molecule has 0 N–H and O–H groups in total. The van der Waals surface area contributed by atoms with E-state index in [0.29, 0.717) is 6.67 Å². The number of halogens is 1. The van der Waals surface area contributed by atoms with Crippen molar-refractivity contribution in [2.45, 2.75) is 43.7 Å². The van der Waals surface area contributed by atoms with Crippen molar-refractivity contribution in [3.05, 3.63) is 59.9 Å². The molecule has 6 rings (SSSR count). The number of anilines is 2. The topological polar surface area (TPSA) is 45.3 Å². The van der Waals surface area contributed by atoms with Crippen molar-refractivity contribution in [3.8, 4) is 0 Å². The fourth-order valence-electron chi connectivity index (χ4n) is 5.54. The lowest BCUT2D eigenvalue weighted by molar-refractivity contribution is -0.190. The molecule has 0 radical (unpaired) electrons. The summed E-state index contributed by atoms with van der Waals surface area (Å²) < 4.78 is 26.0. The lowest BCUT2D eigenvalue weighted by Gasteiger charge is -2.38. The third-order valence-electron chi connectivity index (χ3n) is 7.26. The number of piperazine rings is 1. The molecule has 32 heavy (non-hydrogen) atoms. The van der Waals surface area contributed by atoms with E-state index in [1.165, 1.54) is 12.1 Å². The van der Waals surface area contributed by atoms with Gasteiger partial charge in [0.15, 0.2) is 0 Å². The Kier molecular flexibility index (Phi) is 4.93. The number of carbonyl (C=O) groups is 1. The predicted octanol–water partition coefficient (Wildman–Crippen LogP) is 3.46. The van der Waals surface area contributed by atoms with Gasteiger partial charge in [0.2, 0.25) is 0 Å². The highest BCUT2D eigenvalue weighted by Gasteiger charge is 2.61. The number of fused-ring (bicyclic) bond motifs is 3. The Labute approximate surface area is 187 Å². The van der Waals surface area contributed by atoms with Crippen LogP contribution in [-0.2, 0) is 20.1 Å². The van der Waals surface area contributed by atoms with E-state index < -0.39 is 5.79 Å². The summed E-state index contributed by atoms with van der Waals surface area (Å²) in [5, 5.41) is 0. The standard InChI is InChI=1S/C25H28FN3O3/c26-18-9-11-19(12-10-18)28-15-13-27(14-16-28)17-29-21-6-2-1-5-20(21)25(24(29)30)31-22-7-3-4-8-23(22)32-25/h1-2,5-6,9-12,22-23H,3-4,7-8,13-17H2/t22-,23-/m0/s1. The molecular weight excluding hydrogens is 409 g/mol. The van der Waals surface area contributed by atoms with Gasteiger partial charge in [0, 0.05) is 37.4 Å². The smallest absolute Gasteiger partial charge is 0.293 e. The molecule has 1 amide bonds. The molecule has 4 aliphatic rings. The zero-order valence-electron chi connectivity index (χ0n) is 18.1. The molecule has 6 nitrogen and oxygen atoms in total. The zero-order valence-corrected chi connectivity index (χ0v) is 18.1. The fourth-order valence-corrected chi connectivity index (χ4v) is 5.54. The van der Waals surface area contributed by atoms with Crippen LogP contribution in [0.15, 0.2) is 48.5 Å². The minimum Gasteiger partial charge on any atom is -0.369 e. The summed E-state index contributed by atoms with van der Waals surface area (Å²) in [4.78, 5) is 20.1. The van der Waals surface area contributed by atoms with Gasteiger partial charge in [-0.3, -0.25) is 14.6 Å². The third-order valence-corrected chi connectivity index (χ3v) is 7.26. The molecule has 2 saturated heterocycles.